The summed E-state index contributed by atoms with van der Waals surface area (Å²) in [5, 5.41) is 2.69. The third-order valence-electron chi connectivity index (χ3n) is 4.01. The van der Waals surface area contributed by atoms with Crippen LogP contribution in [-0.4, -0.2) is 20.9 Å². The summed E-state index contributed by atoms with van der Waals surface area (Å²) in [5.41, 5.74) is 2.19. The van der Waals surface area contributed by atoms with Gasteiger partial charge in [-0.15, -0.1) is 0 Å². The molecular weight excluding hydrogens is 316 g/mol. The van der Waals surface area contributed by atoms with Crippen molar-refractivity contribution in [3.05, 3.63) is 53.6 Å². The van der Waals surface area contributed by atoms with Gasteiger partial charge >= 0.3 is 0 Å². The second-order valence-corrected chi connectivity index (χ2v) is 7.28. The first-order chi connectivity index (χ1) is 11.0. The van der Waals surface area contributed by atoms with Gasteiger partial charge in [-0.2, -0.15) is 0 Å². The van der Waals surface area contributed by atoms with Crippen LogP contribution in [0.15, 0.2) is 47.4 Å². The van der Waals surface area contributed by atoms with Gasteiger partial charge in [-0.05, 0) is 29.8 Å². The summed E-state index contributed by atoms with van der Waals surface area (Å²) in [6.45, 7) is 0.267. The molecule has 118 valence electrons. The molecule has 7 heteroatoms. The molecule has 1 atom stereocenters. The summed E-state index contributed by atoms with van der Waals surface area (Å²) in [6.07, 6.45) is 0.202. The number of carbonyl (C=O) groups excluding carboxylic acids is 1. The molecule has 0 bridgehead atoms. The molecular formula is C16H14N2O4S. The second-order valence-electron chi connectivity index (χ2n) is 5.57. The summed E-state index contributed by atoms with van der Waals surface area (Å²) < 4.78 is 33.4. The number of sulfonamides is 1. The highest BCUT2D eigenvalue weighted by Crippen LogP contribution is 2.33. The molecule has 1 amide bonds. The fraction of sp³-hybridized carbons (Fsp3) is 0.188. The molecule has 0 radical (unpaired) electrons. The van der Waals surface area contributed by atoms with E-state index in [0.717, 1.165) is 5.56 Å². The van der Waals surface area contributed by atoms with E-state index in [0.29, 0.717) is 17.0 Å². The third-order valence-corrected chi connectivity index (χ3v) is 5.48. The highest BCUT2D eigenvalue weighted by atomic mass is 32.2. The van der Waals surface area contributed by atoms with Gasteiger partial charge in [0.15, 0.2) is 0 Å². The van der Waals surface area contributed by atoms with Crippen molar-refractivity contribution in [2.24, 2.45) is 0 Å². The van der Waals surface area contributed by atoms with Crippen LogP contribution in [0.25, 0.3) is 0 Å². The maximum Gasteiger partial charge on any atom is 0.241 e. The lowest BCUT2D eigenvalue weighted by molar-refractivity contribution is -0.115. The van der Waals surface area contributed by atoms with E-state index in [-0.39, 0.29) is 23.8 Å². The van der Waals surface area contributed by atoms with Crippen molar-refractivity contribution in [1.29, 1.82) is 0 Å². The average molecular weight is 330 g/mol. The van der Waals surface area contributed by atoms with Crippen LogP contribution in [0, 0.1) is 0 Å². The van der Waals surface area contributed by atoms with Crippen LogP contribution in [0.1, 0.15) is 17.2 Å². The standard InChI is InChI=1S/C16H14N2O4S/c19-16-8-10-7-11(5-6-13(10)17-16)23(20,21)18-14-9-22-15-4-2-1-3-12(14)15/h1-7,14,18H,8-9H2,(H,17,19). The Morgan fingerprint density at radius 2 is 2.00 bits per heavy atom. The molecule has 2 aromatic carbocycles. The number of nitrogens with one attached hydrogen (secondary N) is 2. The number of hydrogen-bond donors (Lipinski definition) is 2. The molecule has 2 aliphatic rings. The molecule has 2 aliphatic heterocycles. The van der Waals surface area contributed by atoms with Crippen molar-refractivity contribution in [2.45, 2.75) is 17.4 Å². The van der Waals surface area contributed by atoms with Crippen molar-refractivity contribution in [3.63, 3.8) is 0 Å². The zero-order valence-electron chi connectivity index (χ0n) is 12.1. The molecule has 0 aliphatic carbocycles. The highest BCUT2D eigenvalue weighted by molar-refractivity contribution is 7.89. The quantitative estimate of drug-likeness (QED) is 0.895. The van der Waals surface area contributed by atoms with Crippen LogP contribution in [0.3, 0.4) is 0 Å². The Hall–Kier alpha value is -2.38. The minimum Gasteiger partial charge on any atom is -0.491 e. The van der Waals surface area contributed by atoms with Crippen LogP contribution in [0.4, 0.5) is 5.69 Å². The smallest absolute Gasteiger partial charge is 0.241 e. The van der Waals surface area contributed by atoms with Crippen LogP contribution < -0.4 is 14.8 Å². The van der Waals surface area contributed by atoms with E-state index < -0.39 is 16.1 Å². The zero-order chi connectivity index (χ0) is 16.0. The van der Waals surface area contributed by atoms with Crippen molar-refractivity contribution >= 4 is 21.6 Å². The van der Waals surface area contributed by atoms with Gasteiger partial charge in [0.1, 0.15) is 12.4 Å². The Bertz CT molecular complexity index is 908. The molecule has 2 heterocycles. The number of anilines is 1. The number of rotatable bonds is 3. The van der Waals surface area contributed by atoms with Gasteiger partial charge in [0.25, 0.3) is 0 Å². The van der Waals surface area contributed by atoms with E-state index in [4.69, 9.17) is 4.74 Å². The summed E-state index contributed by atoms with van der Waals surface area (Å²) in [4.78, 5) is 11.5. The van der Waals surface area contributed by atoms with Gasteiger partial charge in [0.2, 0.25) is 15.9 Å². The first-order valence-corrected chi connectivity index (χ1v) is 8.68. The van der Waals surface area contributed by atoms with E-state index >= 15 is 0 Å². The predicted molar refractivity (Wildman–Crippen MR) is 83.8 cm³/mol. The maximum atomic E-state index is 12.6. The van der Waals surface area contributed by atoms with Gasteiger partial charge in [-0.1, -0.05) is 18.2 Å². The van der Waals surface area contributed by atoms with Gasteiger partial charge in [0.05, 0.1) is 17.4 Å². The van der Waals surface area contributed by atoms with E-state index in [9.17, 15) is 13.2 Å². The lowest BCUT2D eigenvalue weighted by Gasteiger charge is -2.13. The monoisotopic (exact) mass is 330 g/mol. The van der Waals surface area contributed by atoms with E-state index in [1.807, 2.05) is 24.3 Å². The van der Waals surface area contributed by atoms with Crippen molar-refractivity contribution in [3.8, 4) is 5.75 Å². The summed E-state index contributed by atoms with van der Waals surface area (Å²) in [5.74, 6) is 0.574. The van der Waals surface area contributed by atoms with E-state index in [1.54, 1.807) is 6.07 Å². The molecule has 0 saturated carbocycles. The van der Waals surface area contributed by atoms with Gasteiger partial charge < -0.3 is 10.1 Å². The maximum absolute atomic E-state index is 12.6. The number of carbonyl (C=O) groups is 1. The highest BCUT2D eigenvalue weighted by Gasteiger charge is 2.29. The molecule has 0 fully saturated rings. The molecule has 6 nitrogen and oxygen atoms in total. The van der Waals surface area contributed by atoms with Crippen LogP contribution in [0.5, 0.6) is 5.75 Å². The van der Waals surface area contributed by atoms with Crippen LogP contribution >= 0.6 is 0 Å². The molecule has 0 aromatic heterocycles. The fourth-order valence-corrected chi connectivity index (χ4v) is 4.14. The number of amides is 1. The van der Waals surface area contributed by atoms with E-state index in [1.165, 1.54) is 12.1 Å². The Balaban J connectivity index is 1.62. The zero-order valence-corrected chi connectivity index (χ0v) is 12.9. The molecule has 23 heavy (non-hydrogen) atoms. The molecule has 0 saturated heterocycles. The lowest BCUT2D eigenvalue weighted by Crippen LogP contribution is -2.29. The second kappa shape index (κ2) is 5.07. The van der Waals surface area contributed by atoms with Gasteiger partial charge in [0, 0.05) is 11.3 Å². The normalized spacial score (nSPS) is 19.0. The van der Waals surface area contributed by atoms with Gasteiger partial charge in [-0.25, -0.2) is 13.1 Å². The molecule has 2 aromatic rings. The number of ether oxygens (including phenoxy) is 1. The number of para-hydroxylation sites is 1. The number of fused-ring (bicyclic) bond motifs is 2. The van der Waals surface area contributed by atoms with Crippen LogP contribution in [-0.2, 0) is 21.2 Å². The molecule has 4 rings (SSSR count). The average Bonchev–Trinajstić information content (AvgIpc) is 3.09. The number of hydrogen-bond acceptors (Lipinski definition) is 4. The first kappa shape index (κ1) is 14.2. The molecule has 1 unspecified atom stereocenters. The van der Waals surface area contributed by atoms with Crippen LogP contribution in [0.2, 0.25) is 0 Å². The lowest BCUT2D eigenvalue weighted by atomic mass is 10.1. The Kier molecular flexibility index (Phi) is 3.14. The largest absolute Gasteiger partial charge is 0.491 e. The van der Waals surface area contributed by atoms with Crippen molar-refractivity contribution < 1.29 is 17.9 Å². The Labute approximate surface area is 133 Å². The third kappa shape index (κ3) is 2.47. The Morgan fingerprint density at radius 1 is 1.17 bits per heavy atom. The summed E-state index contributed by atoms with van der Waals surface area (Å²) in [6, 6.07) is 11.6. The molecule has 2 N–H and O–H groups in total. The minimum atomic E-state index is -3.69. The van der Waals surface area contributed by atoms with E-state index in [2.05, 4.69) is 10.0 Å². The van der Waals surface area contributed by atoms with Crippen molar-refractivity contribution in [1.82, 2.24) is 4.72 Å². The van der Waals surface area contributed by atoms with Gasteiger partial charge in [-0.3, -0.25) is 4.79 Å². The molecule has 0 spiro atoms. The predicted octanol–water partition coefficient (Wildman–Crippen LogP) is 1.59. The summed E-state index contributed by atoms with van der Waals surface area (Å²) >= 11 is 0. The topological polar surface area (TPSA) is 84.5 Å². The fourth-order valence-electron chi connectivity index (χ4n) is 2.89. The first-order valence-electron chi connectivity index (χ1n) is 7.20. The Morgan fingerprint density at radius 3 is 2.87 bits per heavy atom. The number of benzene rings is 2. The SMILES string of the molecule is O=C1Cc2cc(S(=O)(=O)NC3COc4ccccc43)ccc2N1. The summed E-state index contributed by atoms with van der Waals surface area (Å²) in [7, 11) is -3.69. The van der Waals surface area contributed by atoms with Crippen molar-refractivity contribution in [2.75, 3.05) is 11.9 Å². The minimum absolute atomic E-state index is 0.124.